The quantitative estimate of drug-likeness (QED) is 0.0897. The summed E-state index contributed by atoms with van der Waals surface area (Å²) in [6.45, 7) is 6.72. The highest BCUT2D eigenvalue weighted by Gasteiger charge is 2.04. The predicted molar refractivity (Wildman–Crippen MR) is 166 cm³/mol. The molecule has 1 heterocycles. The molecule has 1 aromatic heterocycles. The second kappa shape index (κ2) is 28.4. The molecule has 228 valence electrons. The van der Waals surface area contributed by atoms with E-state index in [0.717, 1.165) is 26.1 Å². The third-order valence-electron chi connectivity index (χ3n) is 7.64. The smallest absolute Gasteiger partial charge is 0.185 e. The normalized spacial score (nSPS) is 11.4. The summed E-state index contributed by atoms with van der Waals surface area (Å²) in [5, 5.41) is 0. The lowest BCUT2D eigenvalue weighted by Gasteiger charge is -2.07. The molecule has 0 saturated heterocycles. The van der Waals surface area contributed by atoms with Crippen LogP contribution in [0.15, 0.2) is 21.3 Å². The molecule has 0 atom stereocenters. The van der Waals surface area contributed by atoms with Gasteiger partial charge in [0.1, 0.15) is 24.7 Å². The van der Waals surface area contributed by atoms with Gasteiger partial charge in [-0.2, -0.15) is 0 Å². The fourth-order valence-electron chi connectivity index (χ4n) is 5.16. The van der Waals surface area contributed by atoms with Crippen molar-refractivity contribution in [1.82, 2.24) is 0 Å². The van der Waals surface area contributed by atoms with Crippen LogP contribution >= 0.6 is 0 Å². The van der Waals surface area contributed by atoms with Gasteiger partial charge in [-0.15, -0.1) is 0 Å². The zero-order valence-corrected chi connectivity index (χ0v) is 26.1. The number of hydrogen-bond donors (Lipinski definition) is 0. The van der Waals surface area contributed by atoms with Crippen molar-refractivity contribution < 1.29 is 13.9 Å². The van der Waals surface area contributed by atoms with Gasteiger partial charge in [0.15, 0.2) is 5.43 Å². The molecule has 1 aromatic rings. The third kappa shape index (κ3) is 24.4. The molecule has 0 aliphatic rings. The van der Waals surface area contributed by atoms with Crippen LogP contribution in [-0.2, 0) is 22.7 Å². The minimum Gasteiger partial charge on any atom is -0.461 e. The van der Waals surface area contributed by atoms with E-state index in [4.69, 9.17) is 13.9 Å². The van der Waals surface area contributed by atoms with Gasteiger partial charge >= 0.3 is 0 Å². The van der Waals surface area contributed by atoms with Crippen molar-refractivity contribution >= 4 is 0 Å². The summed E-state index contributed by atoms with van der Waals surface area (Å²) in [4.78, 5) is 12.0. The molecule has 0 radical (unpaired) electrons. The van der Waals surface area contributed by atoms with Crippen LogP contribution in [0.2, 0.25) is 0 Å². The van der Waals surface area contributed by atoms with Crippen molar-refractivity contribution in [3.8, 4) is 0 Å². The number of ether oxygens (including phenoxy) is 2. The van der Waals surface area contributed by atoms with Crippen LogP contribution in [0, 0.1) is 0 Å². The Kier molecular flexibility index (Phi) is 26.1. The molecule has 39 heavy (non-hydrogen) atoms. The Bertz CT molecular complexity index is 630. The summed E-state index contributed by atoms with van der Waals surface area (Å²) >= 11 is 0. The monoisotopic (exact) mass is 548 g/mol. The molecule has 1 rings (SSSR count). The molecule has 0 aliphatic heterocycles. The summed E-state index contributed by atoms with van der Waals surface area (Å²) in [5.74, 6) is 1.20. The van der Waals surface area contributed by atoms with Crippen molar-refractivity contribution in [2.24, 2.45) is 0 Å². The van der Waals surface area contributed by atoms with Crippen LogP contribution in [-0.4, -0.2) is 13.2 Å². The Morgan fingerprint density at radius 3 is 1.05 bits per heavy atom. The molecule has 4 nitrogen and oxygen atoms in total. The van der Waals surface area contributed by atoms with Crippen molar-refractivity contribution in [3.63, 3.8) is 0 Å². The SMILES string of the molecule is CCCCCCCCCCCCCCOCc1cc(=O)cc(COCCCCCCCCCCCCCC)o1. The first kappa shape index (κ1) is 35.9. The van der Waals surface area contributed by atoms with E-state index < -0.39 is 0 Å². The standard InChI is InChI=1S/C35H64O4/c1-3-5-7-9-11-13-15-17-19-21-23-25-27-37-31-34-29-33(36)30-35(39-34)32-38-28-26-24-22-20-18-16-14-12-10-8-6-4-2/h29-30H,3-28,31-32H2,1-2H3. The van der Waals surface area contributed by atoms with E-state index in [1.165, 1.54) is 153 Å². The van der Waals surface area contributed by atoms with E-state index >= 15 is 0 Å². The Balaban J connectivity index is 1.95. The van der Waals surface area contributed by atoms with Gasteiger partial charge in [-0.25, -0.2) is 0 Å². The van der Waals surface area contributed by atoms with Gasteiger partial charge in [0, 0.05) is 25.3 Å². The van der Waals surface area contributed by atoms with Crippen molar-refractivity contribution in [3.05, 3.63) is 33.9 Å². The maximum Gasteiger partial charge on any atom is 0.185 e. The number of rotatable bonds is 30. The van der Waals surface area contributed by atoms with Crippen LogP contribution < -0.4 is 5.43 Å². The lowest BCUT2D eigenvalue weighted by Crippen LogP contribution is -2.06. The second-order valence-electron chi connectivity index (χ2n) is 11.6. The fraction of sp³-hybridized carbons (Fsp3) is 0.857. The van der Waals surface area contributed by atoms with Gasteiger partial charge in [0.05, 0.1) is 0 Å². The summed E-state index contributed by atoms with van der Waals surface area (Å²) in [5.41, 5.74) is -0.0332. The summed E-state index contributed by atoms with van der Waals surface area (Å²) in [7, 11) is 0. The van der Waals surface area contributed by atoms with Crippen LogP contribution in [0.25, 0.3) is 0 Å². The molecule has 0 unspecified atom stereocenters. The number of unbranched alkanes of at least 4 members (excludes halogenated alkanes) is 22. The topological polar surface area (TPSA) is 48.7 Å². The second-order valence-corrected chi connectivity index (χ2v) is 11.6. The van der Waals surface area contributed by atoms with Crippen LogP contribution in [0.5, 0.6) is 0 Å². The fourth-order valence-corrected chi connectivity index (χ4v) is 5.16. The Morgan fingerprint density at radius 1 is 0.462 bits per heavy atom. The molecular formula is C35H64O4. The van der Waals surface area contributed by atoms with Gasteiger partial charge in [-0.05, 0) is 12.8 Å². The van der Waals surface area contributed by atoms with E-state index in [2.05, 4.69) is 13.8 Å². The third-order valence-corrected chi connectivity index (χ3v) is 7.64. The Labute approximate surface area is 242 Å². The number of hydrogen-bond acceptors (Lipinski definition) is 4. The van der Waals surface area contributed by atoms with Gasteiger partial charge < -0.3 is 13.9 Å². The Morgan fingerprint density at radius 2 is 0.744 bits per heavy atom. The summed E-state index contributed by atoms with van der Waals surface area (Å²) < 4.78 is 17.4. The van der Waals surface area contributed by atoms with Gasteiger partial charge in [0.25, 0.3) is 0 Å². The van der Waals surface area contributed by atoms with Crippen molar-refractivity contribution in [1.29, 1.82) is 0 Å². The first-order valence-corrected chi connectivity index (χ1v) is 17.0. The maximum atomic E-state index is 12.0. The largest absolute Gasteiger partial charge is 0.461 e. The van der Waals surface area contributed by atoms with Crippen molar-refractivity contribution in [2.45, 2.75) is 181 Å². The van der Waals surface area contributed by atoms with Gasteiger partial charge in [-0.3, -0.25) is 4.79 Å². The van der Waals surface area contributed by atoms with Crippen LogP contribution in [0.1, 0.15) is 179 Å². The zero-order chi connectivity index (χ0) is 28.1. The van der Waals surface area contributed by atoms with E-state index in [-0.39, 0.29) is 5.43 Å². The molecule has 0 saturated carbocycles. The minimum absolute atomic E-state index is 0.0332. The molecule has 0 fully saturated rings. The molecule has 0 bridgehead atoms. The molecule has 0 amide bonds. The first-order chi connectivity index (χ1) is 19.3. The van der Waals surface area contributed by atoms with E-state index in [1.807, 2.05) is 0 Å². The minimum atomic E-state index is -0.0332. The molecular weight excluding hydrogens is 484 g/mol. The summed E-state index contributed by atoms with van der Waals surface area (Å²) in [6, 6.07) is 3.08. The highest BCUT2D eigenvalue weighted by atomic mass is 16.5. The van der Waals surface area contributed by atoms with Gasteiger partial charge in [-0.1, -0.05) is 155 Å². The highest BCUT2D eigenvalue weighted by molar-refractivity contribution is 5.05. The van der Waals surface area contributed by atoms with Crippen LogP contribution in [0.4, 0.5) is 0 Å². The van der Waals surface area contributed by atoms with E-state index in [1.54, 1.807) is 0 Å². The van der Waals surface area contributed by atoms with E-state index in [9.17, 15) is 4.79 Å². The molecule has 0 aromatic carbocycles. The molecule has 0 N–H and O–H groups in total. The Hall–Kier alpha value is -1.13. The average Bonchev–Trinajstić information content (AvgIpc) is 2.93. The average molecular weight is 549 g/mol. The first-order valence-electron chi connectivity index (χ1n) is 17.0. The zero-order valence-electron chi connectivity index (χ0n) is 26.1. The highest BCUT2D eigenvalue weighted by Crippen LogP contribution is 2.14. The lowest BCUT2D eigenvalue weighted by molar-refractivity contribution is 0.0830. The molecule has 4 heteroatoms. The van der Waals surface area contributed by atoms with Crippen LogP contribution in [0.3, 0.4) is 0 Å². The summed E-state index contributed by atoms with van der Waals surface area (Å²) in [6.07, 6.45) is 32.1. The maximum absolute atomic E-state index is 12.0. The predicted octanol–water partition coefficient (Wildman–Crippen LogP) is 11.1. The van der Waals surface area contributed by atoms with Crippen molar-refractivity contribution in [2.75, 3.05) is 13.2 Å². The lowest BCUT2D eigenvalue weighted by atomic mass is 10.1. The van der Waals surface area contributed by atoms with Gasteiger partial charge in [0.2, 0.25) is 0 Å². The molecule has 0 spiro atoms. The van der Waals surface area contributed by atoms with E-state index in [0.29, 0.717) is 24.7 Å². The molecule has 0 aliphatic carbocycles.